The van der Waals surface area contributed by atoms with Crippen molar-refractivity contribution < 1.29 is 4.74 Å². The standard InChI is InChI=1S/C17H28O/c1-6-18-17-12-16(4,5)15(17)11-10-13(2)8-7-9-14(17)3/h8,15H,3,6-7,9-12H2,1-2,4-5H3/b13-8-. The van der Waals surface area contributed by atoms with E-state index in [1.807, 2.05) is 0 Å². The fraction of sp³-hybridized carbons (Fsp3) is 0.765. The van der Waals surface area contributed by atoms with Gasteiger partial charge >= 0.3 is 0 Å². The van der Waals surface area contributed by atoms with Crippen LogP contribution in [0.25, 0.3) is 0 Å². The average molecular weight is 248 g/mol. The highest BCUT2D eigenvalue weighted by Crippen LogP contribution is 2.61. The van der Waals surface area contributed by atoms with Crippen molar-refractivity contribution in [1.29, 1.82) is 0 Å². The number of fused-ring (bicyclic) bond motifs is 1. The van der Waals surface area contributed by atoms with E-state index in [0.717, 1.165) is 25.9 Å². The van der Waals surface area contributed by atoms with Crippen LogP contribution in [0.5, 0.6) is 0 Å². The largest absolute Gasteiger partial charge is 0.371 e. The highest BCUT2D eigenvalue weighted by Gasteiger charge is 2.59. The molecule has 0 amide bonds. The summed E-state index contributed by atoms with van der Waals surface area (Å²) in [7, 11) is 0. The van der Waals surface area contributed by atoms with E-state index in [-0.39, 0.29) is 5.60 Å². The van der Waals surface area contributed by atoms with E-state index in [2.05, 4.69) is 40.3 Å². The van der Waals surface area contributed by atoms with Crippen molar-refractivity contribution in [2.45, 2.75) is 65.4 Å². The minimum atomic E-state index is -0.0172. The SMILES string of the molecule is C=C1CC/C=C(/C)CCC2C(C)(C)CC12OCC. The molecule has 18 heavy (non-hydrogen) atoms. The normalized spacial score (nSPS) is 38.6. The quantitative estimate of drug-likeness (QED) is 0.633. The highest BCUT2D eigenvalue weighted by atomic mass is 16.5. The summed E-state index contributed by atoms with van der Waals surface area (Å²) in [4.78, 5) is 0. The van der Waals surface area contributed by atoms with Crippen molar-refractivity contribution in [3.05, 3.63) is 23.8 Å². The molecule has 1 nitrogen and oxygen atoms in total. The first-order valence-corrected chi connectivity index (χ1v) is 7.40. The summed E-state index contributed by atoms with van der Waals surface area (Å²) < 4.78 is 6.22. The Kier molecular flexibility index (Phi) is 3.73. The van der Waals surface area contributed by atoms with Gasteiger partial charge < -0.3 is 4.74 Å². The molecule has 1 fully saturated rings. The third kappa shape index (κ3) is 2.18. The van der Waals surface area contributed by atoms with Gasteiger partial charge in [-0.05, 0) is 62.9 Å². The smallest absolute Gasteiger partial charge is 0.0927 e. The second kappa shape index (κ2) is 4.85. The lowest BCUT2D eigenvalue weighted by molar-refractivity contribution is -0.191. The van der Waals surface area contributed by atoms with Crippen molar-refractivity contribution in [3.8, 4) is 0 Å². The van der Waals surface area contributed by atoms with Crippen LogP contribution in [0.15, 0.2) is 23.8 Å². The first kappa shape index (κ1) is 13.9. The number of hydrogen-bond acceptors (Lipinski definition) is 1. The minimum absolute atomic E-state index is 0.0172. The van der Waals surface area contributed by atoms with Crippen LogP contribution in [0.3, 0.4) is 0 Å². The second-order valence-electron chi connectivity index (χ2n) is 6.77. The zero-order valence-electron chi connectivity index (χ0n) is 12.5. The van der Waals surface area contributed by atoms with Crippen LogP contribution in [0.1, 0.15) is 59.8 Å². The number of rotatable bonds is 2. The van der Waals surface area contributed by atoms with Crippen LogP contribution in [0, 0.1) is 11.3 Å². The molecule has 2 atom stereocenters. The molecular weight excluding hydrogens is 220 g/mol. The Morgan fingerprint density at radius 2 is 2.11 bits per heavy atom. The molecule has 0 saturated heterocycles. The van der Waals surface area contributed by atoms with Crippen molar-refractivity contribution in [2.75, 3.05) is 6.61 Å². The van der Waals surface area contributed by atoms with Crippen LogP contribution in [0.4, 0.5) is 0 Å². The summed E-state index contributed by atoms with van der Waals surface area (Å²) in [5.74, 6) is 0.638. The van der Waals surface area contributed by atoms with Crippen LogP contribution < -0.4 is 0 Å². The van der Waals surface area contributed by atoms with E-state index in [0.29, 0.717) is 11.3 Å². The fourth-order valence-corrected chi connectivity index (χ4v) is 4.11. The molecule has 1 heteroatoms. The first-order valence-electron chi connectivity index (χ1n) is 7.40. The third-order valence-corrected chi connectivity index (χ3v) is 4.99. The predicted octanol–water partition coefficient (Wildman–Crippen LogP) is 4.88. The zero-order valence-corrected chi connectivity index (χ0v) is 12.5. The van der Waals surface area contributed by atoms with E-state index < -0.39 is 0 Å². The van der Waals surface area contributed by atoms with E-state index in [4.69, 9.17) is 4.74 Å². The maximum absolute atomic E-state index is 6.22. The first-order chi connectivity index (χ1) is 8.42. The van der Waals surface area contributed by atoms with E-state index in [1.165, 1.54) is 24.0 Å². The van der Waals surface area contributed by atoms with Crippen LogP contribution in [-0.2, 0) is 4.74 Å². The van der Waals surface area contributed by atoms with Crippen LogP contribution in [-0.4, -0.2) is 12.2 Å². The molecule has 0 aliphatic heterocycles. The summed E-state index contributed by atoms with van der Waals surface area (Å²) in [5.41, 5.74) is 3.26. The van der Waals surface area contributed by atoms with Gasteiger partial charge in [-0.3, -0.25) is 0 Å². The van der Waals surface area contributed by atoms with Gasteiger partial charge in [-0.2, -0.15) is 0 Å². The molecule has 0 bridgehead atoms. The van der Waals surface area contributed by atoms with Crippen molar-refractivity contribution in [3.63, 3.8) is 0 Å². The minimum Gasteiger partial charge on any atom is -0.371 e. The molecule has 1 saturated carbocycles. The van der Waals surface area contributed by atoms with Gasteiger partial charge in [0.1, 0.15) is 0 Å². The van der Waals surface area contributed by atoms with Gasteiger partial charge in [0.15, 0.2) is 0 Å². The summed E-state index contributed by atoms with van der Waals surface area (Å²) in [6, 6.07) is 0. The second-order valence-corrected chi connectivity index (χ2v) is 6.77. The molecule has 0 aromatic rings. The molecule has 0 spiro atoms. The maximum atomic E-state index is 6.22. The molecule has 2 aliphatic rings. The molecular formula is C17H28O. The van der Waals surface area contributed by atoms with Gasteiger partial charge in [0.25, 0.3) is 0 Å². The molecule has 0 aromatic carbocycles. The van der Waals surface area contributed by atoms with Gasteiger partial charge in [0, 0.05) is 6.61 Å². The molecule has 0 aromatic heterocycles. The molecule has 102 valence electrons. The van der Waals surface area contributed by atoms with E-state index >= 15 is 0 Å². The summed E-state index contributed by atoms with van der Waals surface area (Å²) in [6.07, 6.45) is 8.22. The van der Waals surface area contributed by atoms with Crippen molar-refractivity contribution >= 4 is 0 Å². The Balaban J connectivity index is 2.27. The molecule has 2 aliphatic carbocycles. The lowest BCUT2D eigenvalue weighted by atomic mass is 9.49. The molecule has 2 unspecified atom stereocenters. The Labute approximate surface area is 112 Å². The number of ether oxygens (including phenoxy) is 1. The van der Waals surface area contributed by atoms with Gasteiger partial charge in [-0.25, -0.2) is 0 Å². The van der Waals surface area contributed by atoms with E-state index in [9.17, 15) is 0 Å². The molecule has 0 heterocycles. The van der Waals surface area contributed by atoms with Crippen molar-refractivity contribution in [1.82, 2.24) is 0 Å². The monoisotopic (exact) mass is 248 g/mol. The number of allylic oxidation sites excluding steroid dienone is 2. The highest BCUT2D eigenvalue weighted by molar-refractivity contribution is 5.27. The van der Waals surface area contributed by atoms with Gasteiger partial charge in [0.2, 0.25) is 0 Å². The van der Waals surface area contributed by atoms with Crippen LogP contribution >= 0.6 is 0 Å². The fourth-order valence-electron chi connectivity index (χ4n) is 4.11. The maximum Gasteiger partial charge on any atom is 0.0927 e. The number of hydrogen-bond donors (Lipinski definition) is 0. The average Bonchev–Trinajstić information content (AvgIpc) is 2.30. The lowest BCUT2D eigenvalue weighted by Crippen LogP contribution is -2.61. The van der Waals surface area contributed by atoms with Gasteiger partial charge in [-0.15, -0.1) is 0 Å². The van der Waals surface area contributed by atoms with E-state index in [1.54, 1.807) is 0 Å². The Bertz CT molecular complexity index is 364. The lowest BCUT2D eigenvalue weighted by Gasteiger charge is -2.61. The third-order valence-electron chi connectivity index (χ3n) is 4.99. The topological polar surface area (TPSA) is 9.23 Å². The molecule has 0 N–H and O–H groups in total. The molecule has 2 rings (SSSR count). The predicted molar refractivity (Wildman–Crippen MR) is 77.6 cm³/mol. The zero-order chi connectivity index (χ0) is 13.4. The van der Waals surface area contributed by atoms with Crippen molar-refractivity contribution in [2.24, 2.45) is 11.3 Å². The van der Waals surface area contributed by atoms with Crippen LogP contribution in [0.2, 0.25) is 0 Å². The Morgan fingerprint density at radius 3 is 2.72 bits per heavy atom. The molecule has 0 radical (unpaired) electrons. The summed E-state index contributed by atoms with van der Waals surface area (Å²) in [5, 5.41) is 0. The Hall–Kier alpha value is -0.560. The van der Waals surface area contributed by atoms with Gasteiger partial charge in [-0.1, -0.05) is 32.1 Å². The summed E-state index contributed by atoms with van der Waals surface area (Å²) in [6.45, 7) is 14.3. The van der Waals surface area contributed by atoms with Gasteiger partial charge in [0.05, 0.1) is 5.60 Å². The summed E-state index contributed by atoms with van der Waals surface area (Å²) >= 11 is 0. The Morgan fingerprint density at radius 1 is 1.39 bits per heavy atom.